The van der Waals surface area contributed by atoms with Crippen molar-refractivity contribution in [3.63, 3.8) is 0 Å². The lowest BCUT2D eigenvalue weighted by Crippen LogP contribution is -1.96. The van der Waals surface area contributed by atoms with Gasteiger partial charge in [0, 0.05) is 12.0 Å². The Morgan fingerprint density at radius 2 is 1.84 bits per heavy atom. The van der Waals surface area contributed by atoms with Gasteiger partial charge in [-0.2, -0.15) is 0 Å². The van der Waals surface area contributed by atoms with Crippen molar-refractivity contribution in [1.29, 1.82) is 0 Å². The molecule has 0 N–H and O–H groups in total. The summed E-state index contributed by atoms with van der Waals surface area (Å²) >= 11 is 0. The predicted octanol–water partition coefficient (Wildman–Crippen LogP) is 4.52. The van der Waals surface area contributed by atoms with Gasteiger partial charge >= 0.3 is 0 Å². The van der Waals surface area contributed by atoms with E-state index in [4.69, 9.17) is 4.74 Å². The van der Waals surface area contributed by atoms with E-state index in [1.807, 2.05) is 6.92 Å². The summed E-state index contributed by atoms with van der Waals surface area (Å²) in [5.74, 6) is 1.05. The average molecular weight is 258 g/mol. The highest BCUT2D eigenvalue weighted by molar-refractivity contribution is 5.95. The molecule has 0 saturated heterocycles. The SMILES string of the molecule is CCC(=O)c1ccc(Oc2ccc(F)cc2C)cc1. The number of carbonyl (C=O) groups is 1. The van der Waals surface area contributed by atoms with Gasteiger partial charge in [-0.15, -0.1) is 0 Å². The molecule has 0 aliphatic rings. The minimum Gasteiger partial charge on any atom is -0.457 e. The maximum absolute atomic E-state index is 13.0. The highest BCUT2D eigenvalue weighted by Crippen LogP contribution is 2.25. The molecule has 3 heteroatoms. The second-order valence-electron chi connectivity index (χ2n) is 4.31. The van der Waals surface area contributed by atoms with Crippen LogP contribution in [0.15, 0.2) is 42.5 Å². The number of halogens is 1. The van der Waals surface area contributed by atoms with Crippen molar-refractivity contribution in [2.45, 2.75) is 20.3 Å². The molecule has 2 aromatic carbocycles. The Labute approximate surface area is 111 Å². The fourth-order valence-electron chi connectivity index (χ4n) is 1.77. The van der Waals surface area contributed by atoms with Gasteiger partial charge in [0.25, 0.3) is 0 Å². The molecule has 0 aliphatic heterocycles. The van der Waals surface area contributed by atoms with Gasteiger partial charge in [0.1, 0.15) is 17.3 Å². The largest absolute Gasteiger partial charge is 0.457 e. The minimum atomic E-state index is -0.284. The monoisotopic (exact) mass is 258 g/mol. The van der Waals surface area contributed by atoms with E-state index in [-0.39, 0.29) is 11.6 Å². The summed E-state index contributed by atoms with van der Waals surface area (Å²) in [5, 5.41) is 0. The van der Waals surface area contributed by atoms with Crippen molar-refractivity contribution in [2.75, 3.05) is 0 Å². The molecule has 19 heavy (non-hydrogen) atoms. The first-order valence-electron chi connectivity index (χ1n) is 6.17. The van der Waals surface area contributed by atoms with Crippen LogP contribution >= 0.6 is 0 Å². The molecule has 0 spiro atoms. The van der Waals surface area contributed by atoms with Crippen molar-refractivity contribution in [1.82, 2.24) is 0 Å². The van der Waals surface area contributed by atoms with Crippen LogP contribution in [-0.4, -0.2) is 5.78 Å². The Morgan fingerprint density at radius 3 is 2.42 bits per heavy atom. The molecule has 0 heterocycles. The zero-order chi connectivity index (χ0) is 13.8. The molecule has 0 saturated carbocycles. The van der Waals surface area contributed by atoms with E-state index in [0.29, 0.717) is 23.5 Å². The lowest BCUT2D eigenvalue weighted by atomic mass is 10.1. The summed E-state index contributed by atoms with van der Waals surface area (Å²) in [4.78, 5) is 11.5. The predicted molar refractivity (Wildman–Crippen MR) is 72.3 cm³/mol. The van der Waals surface area contributed by atoms with E-state index in [0.717, 1.165) is 5.56 Å². The topological polar surface area (TPSA) is 26.3 Å². The molecular formula is C16H15FO2. The summed E-state index contributed by atoms with van der Waals surface area (Å²) < 4.78 is 18.6. The van der Waals surface area contributed by atoms with Crippen molar-refractivity contribution < 1.29 is 13.9 Å². The number of Topliss-reactive ketones (excluding diaryl/α,β-unsaturated/α-hetero) is 1. The number of ketones is 1. The van der Waals surface area contributed by atoms with Gasteiger partial charge in [0.2, 0.25) is 0 Å². The van der Waals surface area contributed by atoms with Crippen LogP contribution in [0.3, 0.4) is 0 Å². The summed E-state index contributed by atoms with van der Waals surface area (Å²) in [6.07, 6.45) is 0.483. The zero-order valence-electron chi connectivity index (χ0n) is 10.9. The fourth-order valence-corrected chi connectivity index (χ4v) is 1.77. The number of carbonyl (C=O) groups excluding carboxylic acids is 1. The van der Waals surface area contributed by atoms with Crippen molar-refractivity contribution >= 4 is 5.78 Å². The van der Waals surface area contributed by atoms with E-state index in [9.17, 15) is 9.18 Å². The fraction of sp³-hybridized carbons (Fsp3) is 0.188. The molecular weight excluding hydrogens is 243 g/mol. The second kappa shape index (κ2) is 5.65. The van der Waals surface area contributed by atoms with E-state index >= 15 is 0 Å². The highest BCUT2D eigenvalue weighted by Gasteiger charge is 2.05. The number of hydrogen-bond donors (Lipinski definition) is 0. The van der Waals surface area contributed by atoms with Gasteiger partial charge in [-0.25, -0.2) is 4.39 Å². The van der Waals surface area contributed by atoms with E-state index in [1.54, 1.807) is 37.3 Å². The molecule has 0 atom stereocenters. The highest BCUT2D eigenvalue weighted by atomic mass is 19.1. The van der Waals surface area contributed by atoms with Crippen LogP contribution in [-0.2, 0) is 0 Å². The van der Waals surface area contributed by atoms with Crippen molar-refractivity contribution in [3.8, 4) is 11.5 Å². The first-order valence-corrected chi connectivity index (χ1v) is 6.17. The molecule has 0 amide bonds. The molecule has 2 rings (SSSR count). The average Bonchev–Trinajstić information content (AvgIpc) is 2.42. The maximum Gasteiger partial charge on any atom is 0.162 e. The van der Waals surface area contributed by atoms with E-state index < -0.39 is 0 Å². The molecule has 2 aromatic rings. The molecule has 0 aliphatic carbocycles. The molecule has 98 valence electrons. The van der Waals surface area contributed by atoms with Crippen molar-refractivity contribution in [3.05, 3.63) is 59.4 Å². The Morgan fingerprint density at radius 1 is 1.16 bits per heavy atom. The molecule has 2 nitrogen and oxygen atoms in total. The summed E-state index contributed by atoms with van der Waals surface area (Å²) in [6.45, 7) is 3.61. The van der Waals surface area contributed by atoms with Gasteiger partial charge in [-0.3, -0.25) is 4.79 Å². The van der Waals surface area contributed by atoms with Crippen LogP contribution in [0, 0.1) is 12.7 Å². The summed E-state index contributed by atoms with van der Waals surface area (Å²) in [6, 6.07) is 11.3. The number of rotatable bonds is 4. The Kier molecular flexibility index (Phi) is 3.95. The third-order valence-corrected chi connectivity index (χ3v) is 2.86. The summed E-state index contributed by atoms with van der Waals surface area (Å²) in [5.41, 5.74) is 1.40. The zero-order valence-corrected chi connectivity index (χ0v) is 10.9. The molecule has 0 aromatic heterocycles. The number of hydrogen-bond acceptors (Lipinski definition) is 2. The molecule has 0 radical (unpaired) electrons. The number of benzene rings is 2. The first kappa shape index (κ1) is 13.3. The standard InChI is InChI=1S/C16H15FO2/c1-3-15(18)12-4-7-14(8-5-12)19-16-9-6-13(17)10-11(16)2/h4-10H,3H2,1-2H3. The van der Waals surface area contributed by atoms with Gasteiger partial charge in [-0.05, 0) is 55.0 Å². The first-order chi connectivity index (χ1) is 9.10. The smallest absolute Gasteiger partial charge is 0.162 e. The van der Waals surface area contributed by atoms with Crippen LogP contribution in [0.5, 0.6) is 11.5 Å². The van der Waals surface area contributed by atoms with Crippen LogP contribution in [0.25, 0.3) is 0 Å². The lowest BCUT2D eigenvalue weighted by Gasteiger charge is -2.09. The quantitative estimate of drug-likeness (QED) is 0.754. The Hall–Kier alpha value is -2.16. The van der Waals surface area contributed by atoms with Crippen LogP contribution in [0.2, 0.25) is 0 Å². The van der Waals surface area contributed by atoms with Gasteiger partial charge in [0.05, 0.1) is 0 Å². The second-order valence-corrected chi connectivity index (χ2v) is 4.31. The Balaban J connectivity index is 2.17. The normalized spacial score (nSPS) is 10.3. The number of ether oxygens (including phenoxy) is 1. The van der Waals surface area contributed by atoms with E-state index in [2.05, 4.69) is 0 Å². The third-order valence-electron chi connectivity index (χ3n) is 2.86. The molecule has 0 bridgehead atoms. The lowest BCUT2D eigenvalue weighted by molar-refractivity contribution is 0.0988. The minimum absolute atomic E-state index is 0.101. The Bertz CT molecular complexity index is 588. The number of aryl methyl sites for hydroxylation is 1. The van der Waals surface area contributed by atoms with Gasteiger partial charge in [-0.1, -0.05) is 6.92 Å². The van der Waals surface area contributed by atoms with E-state index in [1.165, 1.54) is 12.1 Å². The third kappa shape index (κ3) is 3.19. The van der Waals surface area contributed by atoms with Gasteiger partial charge < -0.3 is 4.74 Å². The van der Waals surface area contributed by atoms with Gasteiger partial charge in [0.15, 0.2) is 5.78 Å². The van der Waals surface area contributed by atoms with Crippen molar-refractivity contribution in [2.24, 2.45) is 0 Å². The summed E-state index contributed by atoms with van der Waals surface area (Å²) in [7, 11) is 0. The molecule has 0 fully saturated rings. The van der Waals surface area contributed by atoms with Crippen LogP contribution in [0.4, 0.5) is 4.39 Å². The van der Waals surface area contributed by atoms with Crippen LogP contribution in [0.1, 0.15) is 29.3 Å². The maximum atomic E-state index is 13.0. The molecule has 0 unspecified atom stereocenters. The van der Waals surface area contributed by atoms with Crippen LogP contribution < -0.4 is 4.74 Å².